The summed E-state index contributed by atoms with van der Waals surface area (Å²) in [5, 5.41) is 15.7. The Bertz CT molecular complexity index is 1840. The Morgan fingerprint density at radius 3 is 2.80 bits per heavy atom. The number of nitrogens with zero attached hydrogens (tertiary/aromatic N) is 5. The number of phenols is 1. The van der Waals surface area contributed by atoms with Crippen molar-refractivity contribution in [3.05, 3.63) is 46.9 Å². The number of fused-ring (bicyclic) bond motifs is 4. The number of ether oxygens (including phenoxy) is 2. The normalized spacial score (nSPS) is 29.0. The summed E-state index contributed by atoms with van der Waals surface area (Å²) in [7, 11) is 0. The molecule has 0 bridgehead atoms. The lowest BCUT2D eigenvalue weighted by molar-refractivity contribution is -0.149. The van der Waals surface area contributed by atoms with Crippen molar-refractivity contribution in [2.24, 2.45) is 5.41 Å². The zero-order valence-electron chi connectivity index (χ0n) is 28.1. The van der Waals surface area contributed by atoms with Crippen molar-refractivity contribution in [1.82, 2.24) is 20.2 Å². The van der Waals surface area contributed by atoms with Gasteiger partial charge in [0.25, 0.3) is 0 Å². The number of hydrogen-bond donors (Lipinski definition) is 2. The van der Waals surface area contributed by atoms with E-state index in [1.54, 1.807) is 18.2 Å². The number of benzene rings is 2. The molecule has 260 valence electrons. The monoisotopic (exact) mass is 674 g/mol. The van der Waals surface area contributed by atoms with E-state index in [4.69, 9.17) is 19.4 Å². The fourth-order valence-corrected chi connectivity index (χ4v) is 10.1. The van der Waals surface area contributed by atoms with Gasteiger partial charge in [-0.1, -0.05) is 13.0 Å². The van der Waals surface area contributed by atoms with E-state index >= 15 is 4.39 Å². The van der Waals surface area contributed by atoms with Crippen molar-refractivity contribution in [2.75, 3.05) is 62.3 Å². The lowest BCUT2D eigenvalue weighted by atomic mass is 9.65. The predicted octanol–water partition coefficient (Wildman–Crippen LogP) is 4.43. The van der Waals surface area contributed by atoms with Gasteiger partial charge in [-0.25, -0.2) is 8.78 Å². The van der Waals surface area contributed by atoms with Crippen LogP contribution in [0.1, 0.15) is 62.3 Å². The van der Waals surface area contributed by atoms with Crippen molar-refractivity contribution in [1.29, 1.82) is 0 Å². The smallest absolute Gasteiger partial charge is 0.318 e. The van der Waals surface area contributed by atoms with Crippen LogP contribution in [-0.2, 0) is 28.9 Å². The number of aromatic hydroxyl groups is 1. The second-order valence-corrected chi connectivity index (χ2v) is 15.3. The molecule has 2 spiro atoms. The van der Waals surface area contributed by atoms with Gasteiger partial charge in [0.05, 0.1) is 41.9 Å². The van der Waals surface area contributed by atoms with Gasteiger partial charge in [-0.05, 0) is 68.2 Å². The van der Waals surface area contributed by atoms with E-state index in [2.05, 4.69) is 20.0 Å². The van der Waals surface area contributed by atoms with Gasteiger partial charge < -0.3 is 29.7 Å². The van der Waals surface area contributed by atoms with Crippen LogP contribution in [0.25, 0.3) is 10.8 Å². The third-order valence-electron chi connectivity index (χ3n) is 12.5. The summed E-state index contributed by atoms with van der Waals surface area (Å²) in [6.07, 6.45) is 4.95. The lowest BCUT2D eigenvalue weighted by Gasteiger charge is -2.54. The highest BCUT2D eigenvalue weighted by Gasteiger charge is 2.63. The lowest BCUT2D eigenvalue weighted by Crippen LogP contribution is -2.67. The molecule has 1 aromatic heterocycles. The third-order valence-corrected chi connectivity index (χ3v) is 12.5. The number of carbonyl (C=O) groups is 1. The average Bonchev–Trinajstić information content (AvgIpc) is 3.69. The van der Waals surface area contributed by atoms with E-state index in [0.29, 0.717) is 77.2 Å². The molecule has 3 aromatic rings. The van der Waals surface area contributed by atoms with Crippen molar-refractivity contribution in [3.63, 3.8) is 0 Å². The van der Waals surface area contributed by atoms with Crippen LogP contribution in [0.3, 0.4) is 0 Å². The molecule has 0 aliphatic carbocycles. The Balaban J connectivity index is 1.10. The molecular weight excluding hydrogens is 630 g/mol. The first kappa shape index (κ1) is 31.2. The third kappa shape index (κ3) is 4.87. The SMILES string of the molecule is CCc1c(F)ccc2cc(O)cc(N3CCc4c(nc(OC[C@@]56CCCN5C[C@H](F)C6)nc4N4CCCC5(C4)NC(=O)CC54COC4)C3)c12. The Kier molecular flexibility index (Phi) is 7.25. The van der Waals surface area contributed by atoms with Crippen LogP contribution in [0, 0.1) is 11.2 Å². The molecule has 6 aliphatic heterocycles. The summed E-state index contributed by atoms with van der Waals surface area (Å²) in [6.45, 7) is 7.23. The second-order valence-electron chi connectivity index (χ2n) is 15.3. The summed E-state index contributed by atoms with van der Waals surface area (Å²) in [4.78, 5) is 29.6. The molecule has 6 aliphatic rings. The number of phenolic OH excluding ortho intramolecular Hbond substituents is 1. The Morgan fingerprint density at radius 2 is 1.98 bits per heavy atom. The molecule has 12 heteroatoms. The van der Waals surface area contributed by atoms with Gasteiger partial charge in [0, 0.05) is 61.7 Å². The van der Waals surface area contributed by atoms with Gasteiger partial charge in [-0.15, -0.1) is 0 Å². The molecule has 49 heavy (non-hydrogen) atoms. The summed E-state index contributed by atoms with van der Waals surface area (Å²) < 4.78 is 41.9. The zero-order valence-corrected chi connectivity index (χ0v) is 28.1. The molecule has 0 radical (unpaired) electrons. The Hall–Kier alpha value is -3.77. The van der Waals surface area contributed by atoms with Gasteiger partial charge in [0.15, 0.2) is 0 Å². The molecule has 5 fully saturated rings. The van der Waals surface area contributed by atoms with Crippen LogP contribution in [0.15, 0.2) is 24.3 Å². The molecule has 2 N–H and O–H groups in total. The van der Waals surface area contributed by atoms with Gasteiger partial charge in [-0.2, -0.15) is 9.97 Å². The highest BCUT2D eigenvalue weighted by atomic mass is 19.1. The van der Waals surface area contributed by atoms with Gasteiger partial charge >= 0.3 is 6.01 Å². The summed E-state index contributed by atoms with van der Waals surface area (Å²) in [5.41, 5.74) is 2.34. The molecule has 3 atom stereocenters. The number of nitrogens with one attached hydrogen (secondary N) is 1. The van der Waals surface area contributed by atoms with E-state index in [1.165, 1.54) is 6.07 Å². The van der Waals surface area contributed by atoms with Gasteiger partial charge in [0.2, 0.25) is 5.91 Å². The second kappa shape index (κ2) is 11.4. The number of amides is 1. The van der Waals surface area contributed by atoms with Crippen LogP contribution in [-0.4, -0.2) is 95.7 Å². The van der Waals surface area contributed by atoms with Crippen molar-refractivity contribution >= 4 is 28.2 Å². The van der Waals surface area contributed by atoms with Gasteiger partial charge in [-0.3, -0.25) is 9.69 Å². The molecule has 9 rings (SSSR count). The largest absolute Gasteiger partial charge is 0.508 e. The van der Waals surface area contributed by atoms with E-state index in [1.807, 2.05) is 6.92 Å². The first-order valence-electron chi connectivity index (χ1n) is 17.9. The molecule has 7 heterocycles. The minimum Gasteiger partial charge on any atom is -0.508 e. The molecule has 2 aromatic carbocycles. The number of aryl methyl sites for hydroxylation is 1. The predicted molar refractivity (Wildman–Crippen MR) is 180 cm³/mol. The van der Waals surface area contributed by atoms with Crippen LogP contribution in [0.5, 0.6) is 11.8 Å². The van der Waals surface area contributed by atoms with Crippen LogP contribution < -0.4 is 19.9 Å². The first-order valence-corrected chi connectivity index (χ1v) is 17.9. The number of rotatable bonds is 6. The fraction of sp³-hybridized carbons (Fsp3) is 0.595. The maximum atomic E-state index is 15.1. The molecule has 1 amide bonds. The van der Waals surface area contributed by atoms with Crippen LogP contribution in [0.4, 0.5) is 20.3 Å². The van der Waals surface area contributed by atoms with Crippen molar-refractivity contribution in [3.8, 4) is 11.8 Å². The molecule has 5 saturated heterocycles. The average molecular weight is 675 g/mol. The van der Waals surface area contributed by atoms with E-state index in [0.717, 1.165) is 72.3 Å². The number of anilines is 2. The zero-order chi connectivity index (χ0) is 33.5. The van der Waals surface area contributed by atoms with Crippen molar-refractivity contribution < 1.29 is 28.2 Å². The number of carbonyl (C=O) groups excluding carboxylic acids is 1. The number of piperidine rings is 1. The standard InChI is InChI=1S/C37H44F2N6O4/c1-2-26-28(39)6-5-23-13-25(46)14-30(32(23)26)43-12-7-27-29(18-43)40-34(49-22-36-8-3-11-45(36)17-24(38)15-36)41-33(27)44-10-4-9-37(19-44)35(20-48-21-35)16-31(47)42-37/h5-6,13-14,24,46H,2-4,7-12,15-22H2,1H3,(H,42,47)/t24-,36+,37?/m1/s1. The number of alkyl halides is 1. The Labute approximate surface area is 284 Å². The topological polar surface area (TPSA) is 103 Å². The molecule has 10 nitrogen and oxygen atoms in total. The molecule has 1 unspecified atom stereocenters. The minimum absolute atomic E-state index is 0.0823. The first-order chi connectivity index (χ1) is 23.7. The van der Waals surface area contributed by atoms with Crippen LogP contribution in [0.2, 0.25) is 0 Å². The fourth-order valence-electron chi connectivity index (χ4n) is 10.1. The number of hydrogen-bond acceptors (Lipinski definition) is 9. The number of halogens is 2. The highest BCUT2D eigenvalue weighted by molar-refractivity contribution is 5.98. The summed E-state index contributed by atoms with van der Waals surface area (Å²) in [6, 6.07) is 6.88. The van der Waals surface area contributed by atoms with E-state index < -0.39 is 6.17 Å². The quantitative estimate of drug-likeness (QED) is 0.393. The van der Waals surface area contributed by atoms with E-state index in [9.17, 15) is 14.3 Å². The van der Waals surface area contributed by atoms with Gasteiger partial charge in [0.1, 0.15) is 30.2 Å². The summed E-state index contributed by atoms with van der Waals surface area (Å²) >= 11 is 0. The molecular formula is C37H44F2N6O4. The van der Waals surface area contributed by atoms with E-state index in [-0.39, 0.29) is 40.0 Å². The molecule has 0 saturated carbocycles. The Morgan fingerprint density at radius 1 is 1.12 bits per heavy atom. The minimum atomic E-state index is -0.860. The maximum Gasteiger partial charge on any atom is 0.318 e. The number of aromatic nitrogens is 2. The van der Waals surface area contributed by atoms with Crippen LogP contribution >= 0.6 is 0 Å². The maximum absolute atomic E-state index is 15.1. The van der Waals surface area contributed by atoms with Crippen molar-refractivity contribution in [2.45, 2.75) is 82.1 Å². The highest BCUT2D eigenvalue weighted by Crippen LogP contribution is 2.51. The summed E-state index contributed by atoms with van der Waals surface area (Å²) in [5.74, 6) is 0.782.